The Kier molecular flexibility index (Phi) is 7.85. The zero-order valence-electron chi connectivity index (χ0n) is 19.7. The summed E-state index contributed by atoms with van der Waals surface area (Å²) in [5.74, 6) is 1.87. The number of carbonyl (C=O) groups is 1. The highest BCUT2D eigenvalue weighted by Gasteiger charge is 2.43. The summed E-state index contributed by atoms with van der Waals surface area (Å²) in [7, 11) is 1.82. The molecule has 5 rings (SSSR count). The first kappa shape index (κ1) is 24.6. The minimum Gasteiger partial charge on any atom is -0.487 e. The molecule has 2 aromatic carbocycles. The van der Waals surface area contributed by atoms with Crippen LogP contribution in [0.25, 0.3) is 0 Å². The van der Waals surface area contributed by atoms with Crippen LogP contribution in [0.1, 0.15) is 49.3 Å². The average Bonchev–Trinajstić information content (AvgIpc) is 3.29. The van der Waals surface area contributed by atoms with Crippen LogP contribution in [0.4, 0.5) is 5.69 Å². The number of guanidine groups is 1. The van der Waals surface area contributed by atoms with Gasteiger partial charge in [0.1, 0.15) is 11.4 Å². The number of rotatable bonds is 4. The van der Waals surface area contributed by atoms with Crippen LogP contribution in [0, 0.1) is 0 Å². The maximum atomic E-state index is 11.7. The average molecular weight is 575 g/mol. The van der Waals surface area contributed by atoms with Gasteiger partial charge in [0.2, 0.25) is 5.91 Å². The van der Waals surface area contributed by atoms with Crippen LogP contribution in [0.3, 0.4) is 0 Å². The van der Waals surface area contributed by atoms with Gasteiger partial charge in [-0.2, -0.15) is 0 Å². The summed E-state index contributed by atoms with van der Waals surface area (Å²) in [4.78, 5) is 18.3. The summed E-state index contributed by atoms with van der Waals surface area (Å²) in [6.45, 7) is 2.63. The van der Waals surface area contributed by atoms with E-state index in [0.29, 0.717) is 19.6 Å². The van der Waals surface area contributed by atoms with Crippen molar-refractivity contribution in [1.29, 1.82) is 0 Å². The molecule has 2 heterocycles. The normalized spacial score (nSPS) is 21.2. The minimum absolute atomic E-state index is 0. The van der Waals surface area contributed by atoms with Crippen molar-refractivity contribution in [2.45, 2.75) is 50.3 Å². The van der Waals surface area contributed by atoms with Crippen LogP contribution in [0.2, 0.25) is 0 Å². The molecule has 1 amide bonds. The van der Waals surface area contributed by atoms with Crippen molar-refractivity contribution in [3.8, 4) is 5.75 Å². The molecule has 0 radical (unpaired) electrons. The van der Waals surface area contributed by atoms with Crippen LogP contribution in [-0.2, 0) is 11.3 Å². The fraction of sp³-hybridized carbons (Fsp3) is 0.462. The van der Waals surface area contributed by atoms with Gasteiger partial charge in [0, 0.05) is 44.4 Å². The van der Waals surface area contributed by atoms with E-state index < -0.39 is 0 Å². The summed E-state index contributed by atoms with van der Waals surface area (Å²) in [5, 5.41) is 10.00. The van der Waals surface area contributed by atoms with Crippen molar-refractivity contribution in [1.82, 2.24) is 16.0 Å². The highest BCUT2D eigenvalue weighted by molar-refractivity contribution is 14.0. The number of benzene rings is 2. The Bertz CT molecular complexity index is 1020. The molecule has 34 heavy (non-hydrogen) atoms. The molecule has 2 fully saturated rings. The largest absolute Gasteiger partial charge is 0.487 e. The number of anilines is 1. The first-order chi connectivity index (χ1) is 16.1. The highest BCUT2D eigenvalue weighted by atomic mass is 127. The van der Waals surface area contributed by atoms with E-state index in [0.717, 1.165) is 43.2 Å². The Morgan fingerprint density at radius 1 is 1.18 bits per heavy atom. The van der Waals surface area contributed by atoms with Crippen molar-refractivity contribution in [3.63, 3.8) is 0 Å². The van der Waals surface area contributed by atoms with E-state index >= 15 is 0 Å². The standard InChI is InChI=1S/C26H33N5O2.HI/c1-27-25(29-17-19-8-10-20(11-9-19)31-15-14-28-24(32)18-31)30-22-16-26(12-4-5-13-26)33-23-7-3-2-6-21(22)23;/h2-3,6-11,22H,4-5,12-18H2,1H3,(H,28,32)(H2,27,29,30);1H. The second-order valence-corrected chi connectivity index (χ2v) is 9.29. The fourth-order valence-electron chi connectivity index (χ4n) is 5.30. The molecule has 7 nitrogen and oxygen atoms in total. The zero-order valence-corrected chi connectivity index (χ0v) is 22.0. The highest BCUT2D eigenvalue weighted by Crippen LogP contribution is 2.46. The number of nitrogens with one attached hydrogen (secondary N) is 3. The van der Waals surface area contributed by atoms with Crippen molar-refractivity contribution in [2.75, 3.05) is 31.6 Å². The van der Waals surface area contributed by atoms with Gasteiger partial charge < -0.3 is 25.6 Å². The topological polar surface area (TPSA) is 78.0 Å². The van der Waals surface area contributed by atoms with Gasteiger partial charge in [-0.15, -0.1) is 24.0 Å². The Hall–Kier alpha value is -2.49. The quantitative estimate of drug-likeness (QED) is 0.294. The van der Waals surface area contributed by atoms with Gasteiger partial charge in [0.15, 0.2) is 5.96 Å². The smallest absolute Gasteiger partial charge is 0.239 e. The molecule has 2 aromatic rings. The predicted octanol–water partition coefficient (Wildman–Crippen LogP) is 3.74. The maximum Gasteiger partial charge on any atom is 0.239 e. The molecular formula is C26H34IN5O2. The number of fused-ring (bicyclic) bond motifs is 1. The molecule has 2 aliphatic heterocycles. The van der Waals surface area contributed by atoms with E-state index in [9.17, 15) is 4.79 Å². The SMILES string of the molecule is CN=C(NCc1ccc(N2CCNC(=O)C2)cc1)NC1CC2(CCCC2)Oc2ccccc21.I. The number of ether oxygens (including phenoxy) is 1. The van der Waals surface area contributed by atoms with Crippen LogP contribution < -0.4 is 25.6 Å². The molecule has 182 valence electrons. The lowest BCUT2D eigenvalue weighted by Gasteiger charge is -2.40. The molecule has 1 saturated heterocycles. The third kappa shape index (κ3) is 5.42. The molecule has 1 unspecified atom stereocenters. The van der Waals surface area contributed by atoms with E-state index in [-0.39, 0.29) is 41.5 Å². The van der Waals surface area contributed by atoms with Gasteiger partial charge >= 0.3 is 0 Å². The summed E-state index contributed by atoms with van der Waals surface area (Å²) >= 11 is 0. The molecule has 1 atom stereocenters. The number of hydrogen-bond donors (Lipinski definition) is 3. The second-order valence-electron chi connectivity index (χ2n) is 9.29. The summed E-state index contributed by atoms with van der Waals surface area (Å²) in [6, 6.07) is 16.9. The van der Waals surface area contributed by atoms with Gasteiger partial charge in [-0.1, -0.05) is 30.3 Å². The molecular weight excluding hydrogens is 541 g/mol. The molecule has 3 N–H and O–H groups in total. The van der Waals surface area contributed by atoms with Crippen LogP contribution in [0.5, 0.6) is 5.75 Å². The number of para-hydroxylation sites is 1. The second kappa shape index (κ2) is 10.8. The van der Waals surface area contributed by atoms with E-state index in [4.69, 9.17) is 4.74 Å². The maximum absolute atomic E-state index is 11.7. The Labute approximate surface area is 218 Å². The van der Waals surface area contributed by atoms with E-state index in [1.807, 2.05) is 7.05 Å². The van der Waals surface area contributed by atoms with Crippen LogP contribution in [-0.4, -0.2) is 44.1 Å². The lowest BCUT2D eigenvalue weighted by molar-refractivity contribution is -0.120. The van der Waals surface area contributed by atoms with E-state index in [2.05, 4.69) is 74.4 Å². The third-order valence-corrected chi connectivity index (χ3v) is 7.05. The van der Waals surface area contributed by atoms with E-state index in [1.165, 1.54) is 24.0 Å². The van der Waals surface area contributed by atoms with Gasteiger partial charge in [-0.25, -0.2) is 0 Å². The predicted molar refractivity (Wildman–Crippen MR) is 146 cm³/mol. The molecule has 3 aliphatic rings. The summed E-state index contributed by atoms with van der Waals surface area (Å²) in [5.41, 5.74) is 3.40. The molecule has 8 heteroatoms. The van der Waals surface area contributed by atoms with Crippen molar-refractivity contribution in [3.05, 3.63) is 59.7 Å². The lowest BCUT2D eigenvalue weighted by atomic mass is 9.86. The van der Waals surface area contributed by atoms with Gasteiger partial charge in [0.25, 0.3) is 0 Å². The molecule has 1 aliphatic carbocycles. The number of aliphatic imine (C=N–C) groups is 1. The van der Waals surface area contributed by atoms with E-state index in [1.54, 1.807) is 0 Å². The van der Waals surface area contributed by atoms with Crippen molar-refractivity contribution in [2.24, 2.45) is 4.99 Å². The summed E-state index contributed by atoms with van der Waals surface area (Å²) in [6.07, 6.45) is 5.68. The minimum atomic E-state index is -0.0495. The Morgan fingerprint density at radius 2 is 1.94 bits per heavy atom. The molecule has 1 spiro atoms. The monoisotopic (exact) mass is 575 g/mol. The van der Waals surface area contributed by atoms with Gasteiger partial charge in [-0.3, -0.25) is 9.79 Å². The first-order valence-electron chi connectivity index (χ1n) is 12.0. The fourth-order valence-corrected chi connectivity index (χ4v) is 5.30. The number of nitrogens with zero attached hydrogens (tertiary/aromatic N) is 2. The van der Waals surface area contributed by atoms with Crippen molar-refractivity contribution < 1.29 is 9.53 Å². The number of amides is 1. The Balaban J connectivity index is 0.00000274. The number of hydrogen-bond acceptors (Lipinski definition) is 4. The van der Waals surface area contributed by atoms with Crippen molar-refractivity contribution >= 4 is 41.5 Å². The molecule has 0 bridgehead atoms. The molecule has 0 aromatic heterocycles. The van der Waals surface area contributed by atoms with Gasteiger partial charge in [0.05, 0.1) is 12.6 Å². The van der Waals surface area contributed by atoms with Crippen LogP contribution >= 0.6 is 24.0 Å². The third-order valence-electron chi connectivity index (χ3n) is 7.05. The van der Waals surface area contributed by atoms with Gasteiger partial charge in [-0.05, 0) is 49.4 Å². The summed E-state index contributed by atoms with van der Waals surface area (Å²) < 4.78 is 6.49. The number of piperazine rings is 1. The van der Waals surface area contributed by atoms with Crippen LogP contribution in [0.15, 0.2) is 53.5 Å². The number of halogens is 1. The zero-order chi connectivity index (χ0) is 22.7. The first-order valence-corrected chi connectivity index (χ1v) is 12.0. The lowest BCUT2D eigenvalue weighted by Crippen LogP contribution is -2.47. The molecule has 1 saturated carbocycles. The number of carbonyl (C=O) groups excluding carboxylic acids is 1. The Morgan fingerprint density at radius 3 is 2.68 bits per heavy atom.